The molecule has 23 heavy (non-hydrogen) atoms. The van der Waals surface area contributed by atoms with E-state index in [-0.39, 0.29) is 22.9 Å². The van der Waals surface area contributed by atoms with Crippen LogP contribution in [0, 0.1) is 0 Å². The second-order valence-corrected chi connectivity index (χ2v) is 6.01. The normalized spacial score (nSPS) is 13.3. The molecule has 1 aliphatic rings. The third kappa shape index (κ3) is 2.74. The van der Waals surface area contributed by atoms with Gasteiger partial charge in [-0.15, -0.1) is 0 Å². The van der Waals surface area contributed by atoms with E-state index in [2.05, 4.69) is 4.98 Å². The van der Waals surface area contributed by atoms with Gasteiger partial charge in [-0.2, -0.15) is 0 Å². The van der Waals surface area contributed by atoms with E-state index in [0.717, 1.165) is 29.1 Å². The number of H-pyrrole nitrogens is 1. The molecule has 2 heterocycles. The summed E-state index contributed by atoms with van der Waals surface area (Å²) in [5.41, 5.74) is 2.59. The number of hydrogen-bond acceptors (Lipinski definition) is 3. The monoisotopic (exact) mass is 312 g/mol. The standard InChI is InChI=1S/C18H20N2O3/c1-11(2)15-6-5-14(17(21)19-15)18(22)20-9-8-12-10-13(23-3)4-7-16(12)20/h4-7,10-11H,8-9H2,1-3H3,(H,19,21). The summed E-state index contributed by atoms with van der Waals surface area (Å²) in [6.45, 7) is 4.57. The van der Waals surface area contributed by atoms with E-state index in [0.29, 0.717) is 6.54 Å². The molecule has 3 rings (SSSR count). The number of amides is 1. The number of nitrogens with one attached hydrogen (secondary N) is 1. The lowest BCUT2D eigenvalue weighted by Crippen LogP contribution is -2.33. The summed E-state index contributed by atoms with van der Waals surface area (Å²) in [7, 11) is 1.62. The molecular weight excluding hydrogens is 292 g/mol. The predicted molar refractivity (Wildman–Crippen MR) is 89.5 cm³/mol. The number of aromatic amines is 1. The number of methoxy groups -OCH3 is 1. The maximum atomic E-state index is 12.7. The number of benzene rings is 1. The van der Waals surface area contributed by atoms with E-state index in [1.165, 1.54) is 0 Å². The number of ether oxygens (including phenoxy) is 1. The third-order valence-corrected chi connectivity index (χ3v) is 4.21. The Bertz CT molecular complexity index is 808. The van der Waals surface area contributed by atoms with Gasteiger partial charge in [-0.25, -0.2) is 0 Å². The molecule has 0 fully saturated rings. The van der Waals surface area contributed by atoms with Crippen molar-refractivity contribution in [2.75, 3.05) is 18.6 Å². The van der Waals surface area contributed by atoms with Gasteiger partial charge in [0.15, 0.2) is 0 Å². The molecule has 0 bridgehead atoms. The van der Waals surface area contributed by atoms with Crippen LogP contribution in [0.5, 0.6) is 5.75 Å². The van der Waals surface area contributed by atoms with Gasteiger partial charge in [0.05, 0.1) is 7.11 Å². The summed E-state index contributed by atoms with van der Waals surface area (Å²) in [6.07, 6.45) is 0.764. The van der Waals surface area contributed by atoms with Gasteiger partial charge < -0.3 is 14.6 Å². The first-order valence-electron chi connectivity index (χ1n) is 7.73. The van der Waals surface area contributed by atoms with E-state index < -0.39 is 0 Å². The molecule has 1 aromatic carbocycles. The molecule has 5 nitrogen and oxygen atoms in total. The van der Waals surface area contributed by atoms with Gasteiger partial charge in [0, 0.05) is 17.9 Å². The molecule has 1 N–H and O–H groups in total. The van der Waals surface area contributed by atoms with Gasteiger partial charge in [0.25, 0.3) is 11.5 Å². The van der Waals surface area contributed by atoms with Crippen LogP contribution >= 0.6 is 0 Å². The number of carbonyl (C=O) groups is 1. The van der Waals surface area contributed by atoms with Gasteiger partial charge in [-0.05, 0) is 48.2 Å². The van der Waals surface area contributed by atoms with E-state index in [9.17, 15) is 9.59 Å². The molecule has 5 heteroatoms. The van der Waals surface area contributed by atoms with Crippen LogP contribution in [0.3, 0.4) is 0 Å². The van der Waals surface area contributed by atoms with Crippen molar-refractivity contribution in [1.29, 1.82) is 0 Å². The minimum Gasteiger partial charge on any atom is -0.497 e. The van der Waals surface area contributed by atoms with Crippen molar-refractivity contribution in [3.63, 3.8) is 0 Å². The first kappa shape index (κ1) is 15.3. The first-order chi connectivity index (χ1) is 11.0. The molecule has 0 atom stereocenters. The number of anilines is 1. The van der Waals surface area contributed by atoms with Crippen molar-refractivity contribution < 1.29 is 9.53 Å². The summed E-state index contributed by atoms with van der Waals surface area (Å²) >= 11 is 0. The Hall–Kier alpha value is -2.56. The molecule has 0 saturated carbocycles. The van der Waals surface area contributed by atoms with Crippen molar-refractivity contribution in [2.24, 2.45) is 0 Å². The number of aromatic nitrogens is 1. The molecule has 120 valence electrons. The van der Waals surface area contributed by atoms with Crippen molar-refractivity contribution in [2.45, 2.75) is 26.2 Å². The summed E-state index contributed by atoms with van der Waals surface area (Å²) < 4.78 is 5.22. The molecule has 1 aliphatic heterocycles. The molecule has 2 aromatic rings. The fraction of sp³-hybridized carbons (Fsp3) is 0.333. The lowest BCUT2D eigenvalue weighted by atomic mass is 10.1. The average molecular weight is 312 g/mol. The Morgan fingerprint density at radius 3 is 2.70 bits per heavy atom. The summed E-state index contributed by atoms with van der Waals surface area (Å²) in [5.74, 6) is 0.731. The molecular formula is C18H20N2O3. The molecule has 0 saturated heterocycles. The first-order valence-corrected chi connectivity index (χ1v) is 7.73. The van der Waals surface area contributed by atoms with Crippen LogP contribution in [0.25, 0.3) is 0 Å². The Labute approximate surface area is 134 Å². The number of fused-ring (bicyclic) bond motifs is 1. The Kier molecular flexibility index (Phi) is 3.94. The van der Waals surface area contributed by atoms with Crippen LogP contribution in [-0.2, 0) is 6.42 Å². The topological polar surface area (TPSA) is 62.4 Å². The SMILES string of the molecule is COc1ccc2c(c1)CCN2C(=O)c1ccc(C(C)C)[nH]c1=O. The lowest BCUT2D eigenvalue weighted by Gasteiger charge is -2.17. The number of nitrogens with zero attached hydrogens (tertiary/aromatic N) is 1. The average Bonchev–Trinajstić information content (AvgIpc) is 2.96. The van der Waals surface area contributed by atoms with Crippen LogP contribution in [-0.4, -0.2) is 24.5 Å². The zero-order valence-electron chi connectivity index (χ0n) is 13.6. The van der Waals surface area contributed by atoms with Crippen molar-refractivity contribution in [3.8, 4) is 5.75 Å². The van der Waals surface area contributed by atoms with Crippen molar-refractivity contribution in [3.05, 3.63) is 57.5 Å². The highest BCUT2D eigenvalue weighted by atomic mass is 16.5. The van der Waals surface area contributed by atoms with Crippen molar-refractivity contribution in [1.82, 2.24) is 4.98 Å². The van der Waals surface area contributed by atoms with Gasteiger partial charge in [0.2, 0.25) is 0 Å². The van der Waals surface area contributed by atoms with Crippen LogP contribution in [0.15, 0.2) is 35.1 Å². The van der Waals surface area contributed by atoms with Crippen molar-refractivity contribution >= 4 is 11.6 Å². The third-order valence-electron chi connectivity index (χ3n) is 4.21. The Morgan fingerprint density at radius 1 is 1.26 bits per heavy atom. The van der Waals surface area contributed by atoms with E-state index in [4.69, 9.17) is 4.74 Å². The summed E-state index contributed by atoms with van der Waals surface area (Å²) in [6, 6.07) is 9.07. The van der Waals surface area contributed by atoms with Gasteiger partial charge in [0.1, 0.15) is 11.3 Å². The Morgan fingerprint density at radius 2 is 2.04 bits per heavy atom. The number of rotatable bonds is 3. The van der Waals surface area contributed by atoms with Crippen LogP contribution in [0.4, 0.5) is 5.69 Å². The molecule has 0 aliphatic carbocycles. The molecule has 0 radical (unpaired) electrons. The number of hydrogen-bond donors (Lipinski definition) is 1. The van der Waals surface area contributed by atoms with Crippen LogP contribution < -0.4 is 15.2 Å². The maximum absolute atomic E-state index is 12.7. The summed E-state index contributed by atoms with van der Waals surface area (Å²) in [4.78, 5) is 29.4. The fourth-order valence-electron chi connectivity index (χ4n) is 2.86. The highest BCUT2D eigenvalue weighted by Crippen LogP contribution is 2.32. The lowest BCUT2D eigenvalue weighted by molar-refractivity contribution is 0.0988. The maximum Gasteiger partial charge on any atom is 0.263 e. The molecule has 0 unspecified atom stereocenters. The summed E-state index contributed by atoms with van der Waals surface area (Å²) in [5, 5.41) is 0. The molecule has 1 amide bonds. The molecule has 1 aromatic heterocycles. The second-order valence-electron chi connectivity index (χ2n) is 6.01. The second kappa shape index (κ2) is 5.91. The molecule has 0 spiro atoms. The quantitative estimate of drug-likeness (QED) is 0.948. The Balaban J connectivity index is 1.93. The van der Waals surface area contributed by atoms with Gasteiger partial charge >= 0.3 is 0 Å². The zero-order chi connectivity index (χ0) is 16.6. The minimum absolute atomic E-state index is 0.179. The van der Waals surface area contributed by atoms with Crippen LogP contribution in [0.2, 0.25) is 0 Å². The number of pyridine rings is 1. The van der Waals surface area contributed by atoms with Crippen LogP contribution in [0.1, 0.15) is 41.4 Å². The van der Waals surface area contributed by atoms with Gasteiger partial charge in [-0.1, -0.05) is 13.8 Å². The smallest absolute Gasteiger partial charge is 0.263 e. The van der Waals surface area contributed by atoms with E-state index in [1.807, 2.05) is 38.1 Å². The highest BCUT2D eigenvalue weighted by Gasteiger charge is 2.27. The minimum atomic E-state index is -0.330. The fourth-order valence-corrected chi connectivity index (χ4v) is 2.86. The largest absolute Gasteiger partial charge is 0.497 e. The number of carbonyl (C=O) groups excluding carboxylic acids is 1. The van der Waals surface area contributed by atoms with E-state index in [1.54, 1.807) is 18.1 Å². The van der Waals surface area contributed by atoms with Gasteiger partial charge in [-0.3, -0.25) is 9.59 Å². The van der Waals surface area contributed by atoms with E-state index >= 15 is 0 Å². The predicted octanol–water partition coefficient (Wildman–Crippen LogP) is 2.71. The highest BCUT2D eigenvalue weighted by molar-refractivity contribution is 6.07. The zero-order valence-corrected chi connectivity index (χ0v) is 13.6.